The molecule has 0 bridgehead atoms. The summed E-state index contributed by atoms with van der Waals surface area (Å²) in [6.45, 7) is 9.83. The Morgan fingerprint density at radius 2 is 1.77 bits per heavy atom. The number of alkyl carbamates (subject to hydrolysis) is 1. The van der Waals surface area contributed by atoms with Crippen LogP contribution in [0.5, 0.6) is 0 Å². The highest BCUT2D eigenvalue weighted by Gasteiger charge is 2.28. The Morgan fingerprint density at radius 1 is 1.13 bits per heavy atom. The minimum Gasteiger partial charge on any atom is -0.445 e. The molecule has 162 valence electrons. The van der Waals surface area contributed by atoms with Crippen LogP contribution in [0.4, 0.5) is 4.79 Å². The molecule has 1 amide bonds. The van der Waals surface area contributed by atoms with Crippen molar-refractivity contribution < 1.29 is 17.9 Å². The zero-order chi connectivity index (χ0) is 22.1. The number of rotatable bonds is 10. The molecule has 0 aliphatic rings. The maximum Gasteiger partial charge on any atom is 0.407 e. The molecule has 2 aromatic rings. The Kier molecular flexibility index (Phi) is 8.62. The normalized spacial score (nSPS) is 12.6. The van der Waals surface area contributed by atoms with E-state index in [0.717, 1.165) is 11.1 Å². The number of carbonyl (C=O) groups excluding carboxylic acids is 1. The Balaban J connectivity index is 2.10. The fourth-order valence-electron chi connectivity index (χ4n) is 2.83. The quantitative estimate of drug-likeness (QED) is 0.575. The van der Waals surface area contributed by atoms with Gasteiger partial charge in [0, 0.05) is 19.1 Å². The molecule has 0 aromatic heterocycles. The molecule has 0 saturated carbocycles. The van der Waals surface area contributed by atoms with E-state index in [1.54, 1.807) is 24.3 Å². The standard InChI is InChI=1S/C23H30N2O4S/c1-5-15-25(30(27,28)21-13-11-19(4)12-14-21)16-22(18(2)3)24-23(26)29-17-20-9-7-6-8-10-20/h5-14,18,22H,1,15-17H2,2-4H3,(H,24,26)/t22-/m1/s1. The first-order valence-corrected chi connectivity index (χ1v) is 11.3. The van der Waals surface area contributed by atoms with Gasteiger partial charge in [-0.1, -0.05) is 68.0 Å². The Labute approximate surface area is 179 Å². The van der Waals surface area contributed by atoms with Crippen molar-refractivity contribution in [3.63, 3.8) is 0 Å². The molecule has 0 unspecified atom stereocenters. The van der Waals surface area contributed by atoms with Gasteiger partial charge in [-0.25, -0.2) is 13.2 Å². The average Bonchev–Trinajstić information content (AvgIpc) is 2.72. The molecule has 1 N–H and O–H groups in total. The Bertz CT molecular complexity index is 925. The van der Waals surface area contributed by atoms with Crippen LogP contribution < -0.4 is 5.32 Å². The number of carbonyl (C=O) groups is 1. The predicted octanol–water partition coefficient (Wildman–Crippen LogP) is 4.12. The molecule has 0 fully saturated rings. The second-order valence-electron chi connectivity index (χ2n) is 7.48. The van der Waals surface area contributed by atoms with Gasteiger partial charge in [-0.3, -0.25) is 0 Å². The largest absolute Gasteiger partial charge is 0.445 e. The van der Waals surface area contributed by atoms with E-state index < -0.39 is 22.2 Å². The summed E-state index contributed by atoms with van der Waals surface area (Å²) in [5.41, 5.74) is 1.86. The van der Waals surface area contributed by atoms with Gasteiger partial charge in [0.2, 0.25) is 10.0 Å². The number of nitrogens with one attached hydrogen (secondary N) is 1. The molecule has 0 aliphatic carbocycles. The minimum atomic E-state index is -3.73. The van der Waals surface area contributed by atoms with Crippen LogP contribution in [-0.4, -0.2) is 37.9 Å². The van der Waals surface area contributed by atoms with Crippen molar-refractivity contribution in [3.05, 3.63) is 78.4 Å². The second-order valence-corrected chi connectivity index (χ2v) is 9.42. The van der Waals surface area contributed by atoms with Crippen molar-refractivity contribution in [1.82, 2.24) is 9.62 Å². The van der Waals surface area contributed by atoms with E-state index in [1.165, 1.54) is 10.4 Å². The lowest BCUT2D eigenvalue weighted by Crippen LogP contribution is -2.48. The number of hydrogen-bond acceptors (Lipinski definition) is 4. The first-order chi connectivity index (χ1) is 14.2. The fourth-order valence-corrected chi connectivity index (χ4v) is 4.27. The minimum absolute atomic E-state index is 0.00481. The maximum absolute atomic E-state index is 13.1. The van der Waals surface area contributed by atoms with Crippen molar-refractivity contribution >= 4 is 16.1 Å². The molecule has 30 heavy (non-hydrogen) atoms. The molecule has 1 atom stereocenters. The zero-order valence-corrected chi connectivity index (χ0v) is 18.6. The topological polar surface area (TPSA) is 75.7 Å². The molecular formula is C23H30N2O4S. The third-order valence-electron chi connectivity index (χ3n) is 4.71. The third kappa shape index (κ3) is 6.71. The first-order valence-electron chi connectivity index (χ1n) is 9.89. The monoisotopic (exact) mass is 430 g/mol. The molecule has 2 rings (SSSR count). The van der Waals surface area contributed by atoms with E-state index in [4.69, 9.17) is 4.74 Å². The van der Waals surface area contributed by atoms with Crippen molar-refractivity contribution in [2.45, 2.75) is 38.3 Å². The molecule has 6 nitrogen and oxygen atoms in total. The van der Waals surface area contributed by atoms with Crippen LogP contribution in [0.3, 0.4) is 0 Å². The summed E-state index contributed by atoms with van der Waals surface area (Å²) in [7, 11) is -3.73. The summed E-state index contributed by atoms with van der Waals surface area (Å²) in [5, 5.41) is 2.81. The summed E-state index contributed by atoms with van der Waals surface area (Å²) >= 11 is 0. The summed E-state index contributed by atoms with van der Waals surface area (Å²) in [6, 6.07) is 15.7. The van der Waals surface area contributed by atoms with Gasteiger partial charge in [0.15, 0.2) is 0 Å². The molecule has 0 heterocycles. The molecular weight excluding hydrogens is 400 g/mol. The van der Waals surface area contributed by atoms with Gasteiger partial charge in [0.1, 0.15) is 6.61 Å². The van der Waals surface area contributed by atoms with E-state index in [0.29, 0.717) is 0 Å². The van der Waals surface area contributed by atoms with Crippen molar-refractivity contribution in [2.75, 3.05) is 13.1 Å². The van der Waals surface area contributed by atoms with E-state index in [1.807, 2.05) is 51.1 Å². The molecule has 0 radical (unpaired) electrons. The van der Waals surface area contributed by atoms with Gasteiger partial charge < -0.3 is 10.1 Å². The number of aryl methyl sites for hydroxylation is 1. The fraction of sp³-hybridized carbons (Fsp3) is 0.348. The maximum atomic E-state index is 13.1. The van der Waals surface area contributed by atoms with Crippen LogP contribution in [0, 0.1) is 12.8 Å². The van der Waals surface area contributed by atoms with Crippen LogP contribution in [-0.2, 0) is 21.4 Å². The number of nitrogens with zero attached hydrogens (tertiary/aromatic N) is 1. The smallest absolute Gasteiger partial charge is 0.407 e. The molecule has 2 aromatic carbocycles. The lowest BCUT2D eigenvalue weighted by atomic mass is 10.0. The Morgan fingerprint density at radius 3 is 2.33 bits per heavy atom. The molecule has 0 saturated heterocycles. The zero-order valence-electron chi connectivity index (χ0n) is 17.7. The summed E-state index contributed by atoms with van der Waals surface area (Å²) < 4.78 is 32.9. The highest BCUT2D eigenvalue weighted by atomic mass is 32.2. The summed E-state index contributed by atoms with van der Waals surface area (Å²) in [4.78, 5) is 12.5. The number of hydrogen-bond donors (Lipinski definition) is 1. The van der Waals surface area contributed by atoms with Crippen LogP contribution in [0.15, 0.2) is 72.1 Å². The number of benzene rings is 2. The van der Waals surface area contributed by atoms with Crippen LogP contribution in [0.1, 0.15) is 25.0 Å². The molecule has 7 heteroatoms. The van der Waals surface area contributed by atoms with Crippen molar-refractivity contribution in [3.8, 4) is 0 Å². The first kappa shape index (κ1) is 23.6. The van der Waals surface area contributed by atoms with Gasteiger partial charge in [-0.2, -0.15) is 4.31 Å². The predicted molar refractivity (Wildman–Crippen MR) is 119 cm³/mol. The van der Waals surface area contributed by atoms with E-state index in [9.17, 15) is 13.2 Å². The SMILES string of the molecule is C=CCN(C[C@@H](NC(=O)OCc1ccccc1)C(C)C)S(=O)(=O)c1ccc(C)cc1. The van der Waals surface area contributed by atoms with Gasteiger partial charge in [0.05, 0.1) is 4.90 Å². The third-order valence-corrected chi connectivity index (χ3v) is 6.56. The van der Waals surface area contributed by atoms with Crippen molar-refractivity contribution in [1.29, 1.82) is 0 Å². The summed E-state index contributed by atoms with van der Waals surface area (Å²) in [6.07, 6.45) is 0.959. The number of amides is 1. The summed E-state index contributed by atoms with van der Waals surface area (Å²) in [5.74, 6) is -0.00481. The lowest BCUT2D eigenvalue weighted by Gasteiger charge is -2.29. The van der Waals surface area contributed by atoms with Gasteiger partial charge in [0.25, 0.3) is 0 Å². The van der Waals surface area contributed by atoms with Gasteiger partial charge in [-0.15, -0.1) is 6.58 Å². The lowest BCUT2D eigenvalue weighted by molar-refractivity contribution is 0.131. The average molecular weight is 431 g/mol. The highest BCUT2D eigenvalue weighted by Crippen LogP contribution is 2.18. The number of sulfonamides is 1. The molecule has 0 spiro atoms. The van der Waals surface area contributed by atoms with E-state index in [-0.39, 0.29) is 30.5 Å². The van der Waals surface area contributed by atoms with E-state index in [2.05, 4.69) is 11.9 Å². The molecule has 0 aliphatic heterocycles. The number of ether oxygens (including phenoxy) is 1. The van der Waals surface area contributed by atoms with Gasteiger partial charge >= 0.3 is 6.09 Å². The second kappa shape index (κ2) is 10.9. The highest BCUT2D eigenvalue weighted by molar-refractivity contribution is 7.89. The van der Waals surface area contributed by atoms with Crippen LogP contribution >= 0.6 is 0 Å². The van der Waals surface area contributed by atoms with Gasteiger partial charge in [-0.05, 0) is 30.5 Å². The van der Waals surface area contributed by atoms with Crippen LogP contribution in [0.2, 0.25) is 0 Å². The van der Waals surface area contributed by atoms with E-state index >= 15 is 0 Å². The van der Waals surface area contributed by atoms with Crippen molar-refractivity contribution in [2.24, 2.45) is 5.92 Å². The Hall–Kier alpha value is -2.64. The van der Waals surface area contributed by atoms with Crippen LogP contribution in [0.25, 0.3) is 0 Å².